The van der Waals surface area contributed by atoms with E-state index in [1.54, 1.807) is 6.20 Å². The highest BCUT2D eigenvalue weighted by Crippen LogP contribution is 2.15. The molecule has 3 rings (SSSR count). The molecule has 0 unspecified atom stereocenters. The maximum absolute atomic E-state index is 12.3. The molecule has 0 saturated heterocycles. The summed E-state index contributed by atoms with van der Waals surface area (Å²) in [6.45, 7) is 2.90. The molecule has 1 atom stereocenters. The predicted molar refractivity (Wildman–Crippen MR) is 120 cm³/mol. The van der Waals surface area contributed by atoms with Crippen molar-refractivity contribution in [2.75, 3.05) is 6.61 Å². The number of aromatic nitrogens is 1. The van der Waals surface area contributed by atoms with Gasteiger partial charge in [0, 0.05) is 24.3 Å². The van der Waals surface area contributed by atoms with Gasteiger partial charge in [0.1, 0.15) is 6.04 Å². The zero-order valence-electron chi connectivity index (χ0n) is 16.8. The highest BCUT2D eigenvalue weighted by atomic mass is 35.5. The summed E-state index contributed by atoms with van der Waals surface area (Å²) in [5, 5.41) is 5.67. The molecule has 0 aliphatic rings. The van der Waals surface area contributed by atoms with Gasteiger partial charge in [0.25, 0.3) is 0 Å². The Morgan fingerprint density at radius 2 is 1.86 bits per heavy atom. The molecule has 3 aromatic rings. The quantitative estimate of drug-likeness (QED) is 0.372. The lowest BCUT2D eigenvalue weighted by Gasteiger charge is -2.17. The van der Waals surface area contributed by atoms with Gasteiger partial charge in [-0.1, -0.05) is 48.9 Å². The van der Waals surface area contributed by atoms with Crippen molar-refractivity contribution < 1.29 is 9.53 Å². The van der Waals surface area contributed by atoms with Crippen LogP contribution in [-0.4, -0.2) is 23.6 Å². The Bertz CT molecular complexity index is 886. The molecule has 1 N–H and O–H groups in total. The van der Waals surface area contributed by atoms with E-state index in [1.165, 1.54) is 5.56 Å². The summed E-state index contributed by atoms with van der Waals surface area (Å²) in [4.78, 5) is 16.5. The normalized spacial score (nSPS) is 11.6. The number of aryl methyl sites for hydroxylation is 1. The summed E-state index contributed by atoms with van der Waals surface area (Å²) >= 11 is 0. The van der Waals surface area contributed by atoms with Gasteiger partial charge in [-0.15, -0.1) is 12.4 Å². The Labute approximate surface area is 179 Å². The molecular formula is C24H29ClN2O2. The largest absolute Gasteiger partial charge is 0.465 e. The van der Waals surface area contributed by atoms with Crippen LogP contribution in [0.15, 0.2) is 67.0 Å². The van der Waals surface area contributed by atoms with Crippen LogP contribution in [-0.2, 0) is 22.5 Å². The Hall–Kier alpha value is -2.43. The Kier molecular flexibility index (Phi) is 9.62. The number of rotatable bonds is 10. The lowest BCUT2D eigenvalue weighted by molar-refractivity contribution is -0.145. The number of benzene rings is 2. The van der Waals surface area contributed by atoms with Gasteiger partial charge in [-0.25, -0.2) is 0 Å². The first-order valence-electron chi connectivity index (χ1n) is 10.0. The van der Waals surface area contributed by atoms with E-state index in [2.05, 4.69) is 52.8 Å². The topological polar surface area (TPSA) is 51.2 Å². The molecule has 0 amide bonds. The number of unbranched alkanes of at least 4 members (excludes halogenated alkanes) is 1. The zero-order chi connectivity index (χ0) is 19.6. The number of halogens is 1. The van der Waals surface area contributed by atoms with Gasteiger partial charge in [-0.2, -0.15) is 0 Å². The van der Waals surface area contributed by atoms with Crippen LogP contribution in [0.2, 0.25) is 0 Å². The van der Waals surface area contributed by atoms with Crippen LogP contribution < -0.4 is 5.32 Å². The number of nitrogens with one attached hydrogen (secondary N) is 1. The van der Waals surface area contributed by atoms with Crippen molar-refractivity contribution in [2.24, 2.45) is 0 Å². The lowest BCUT2D eigenvalue weighted by Crippen LogP contribution is -2.37. The van der Waals surface area contributed by atoms with Crippen molar-refractivity contribution >= 4 is 29.1 Å². The second-order valence-electron chi connectivity index (χ2n) is 6.97. The van der Waals surface area contributed by atoms with Gasteiger partial charge >= 0.3 is 5.97 Å². The number of hydrogen-bond donors (Lipinski definition) is 1. The molecule has 2 aromatic carbocycles. The minimum Gasteiger partial charge on any atom is -0.465 e. The van der Waals surface area contributed by atoms with Crippen LogP contribution in [0.4, 0.5) is 0 Å². The monoisotopic (exact) mass is 412 g/mol. The number of hydrogen-bond acceptors (Lipinski definition) is 4. The van der Waals surface area contributed by atoms with Crippen LogP contribution in [0, 0.1) is 0 Å². The molecule has 1 heterocycles. The van der Waals surface area contributed by atoms with E-state index in [1.807, 2.05) is 25.3 Å². The average Bonchev–Trinajstić information content (AvgIpc) is 2.74. The number of pyridine rings is 1. The maximum Gasteiger partial charge on any atom is 0.323 e. The van der Waals surface area contributed by atoms with Gasteiger partial charge in [0.2, 0.25) is 0 Å². The molecule has 0 saturated carbocycles. The standard InChI is InChI=1S/C24H28N2O2.ClH/c1-2-28-24(27)23(11-7-6-10-19-8-4-3-5-9-19)26-17-20-12-13-22-18-25-15-14-21(22)16-20;/h3-5,8-9,12-16,18,23,26H,2,6-7,10-11,17H2,1H3;1H/t23-;/m0./s1. The van der Waals surface area contributed by atoms with E-state index in [0.29, 0.717) is 13.2 Å². The number of nitrogens with zero attached hydrogens (tertiary/aromatic N) is 1. The molecule has 0 fully saturated rings. The number of carbonyl (C=O) groups excluding carboxylic acids is 1. The van der Waals surface area contributed by atoms with Crippen molar-refractivity contribution in [1.82, 2.24) is 10.3 Å². The first-order chi connectivity index (χ1) is 13.8. The third-order valence-electron chi connectivity index (χ3n) is 4.88. The molecule has 29 heavy (non-hydrogen) atoms. The second-order valence-corrected chi connectivity index (χ2v) is 6.97. The van der Waals surface area contributed by atoms with Crippen molar-refractivity contribution in [3.8, 4) is 0 Å². The second kappa shape index (κ2) is 12.2. The Morgan fingerprint density at radius 1 is 1.03 bits per heavy atom. The third-order valence-corrected chi connectivity index (χ3v) is 4.88. The highest BCUT2D eigenvalue weighted by molar-refractivity contribution is 5.85. The van der Waals surface area contributed by atoms with Crippen molar-refractivity contribution in [3.63, 3.8) is 0 Å². The van der Waals surface area contributed by atoms with Crippen LogP contribution in [0.5, 0.6) is 0 Å². The fourth-order valence-electron chi connectivity index (χ4n) is 3.35. The minimum absolute atomic E-state index is 0. The van der Waals surface area contributed by atoms with Crippen molar-refractivity contribution in [1.29, 1.82) is 0 Å². The molecule has 0 radical (unpaired) electrons. The van der Waals surface area contributed by atoms with Crippen molar-refractivity contribution in [3.05, 3.63) is 78.1 Å². The number of esters is 1. The molecule has 0 bridgehead atoms. The number of ether oxygens (including phenoxy) is 1. The van der Waals surface area contributed by atoms with E-state index >= 15 is 0 Å². The SMILES string of the molecule is CCOC(=O)[C@H](CCCCc1ccccc1)NCc1ccc2cnccc2c1.Cl. The van der Waals surface area contributed by atoms with Crippen molar-refractivity contribution in [2.45, 2.75) is 45.2 Å². The zero-order valence-corrected chi connectivity index (χ0v) is 17.7. The molecule has 4 nitrogen and oxygen atoms in total. The van der Waals surface area contributed by atoms with Gasteiger partial charge in [0.15, 0.2) is 0 Å². The lowest BCUT2D eigenvalue weighted by atomic mass is 10.0. The van der Waals surface area contributed by atoms with E-state index in [0.717, 1.165) is 42.0 Å². The smallest absolute Gasteiger partial charge is 0.323 e. The maximum atomic E-state index is 12.3. The van der Waals surface area contributed by atoms with E-state index in [9.17, 15) is 4.79 Å². The van der Waals surface area contributed by atoms with Crippen LogP contribution in [0.1, 0.15) is 37.3 Å². The minimum atomic E-state index is -0.274. The van der Waals surface area contributed by atoms with E-state index in [4.69, 9.17) is 4.74 Å². The van der Waals surface area contributed by atoms with Gasteiger partial charge in [0.05, 0.1) is 6.61 Å². The number of carbonyl (C=O) groups is 1. The summed E-state index contributed by atoms with van der Waals surface area (Å²) in [7, 11) is 0. The van der Waals surface area contributed by atoms with Gasteiger partial charge in [-0.3, -0.25) is 9.78 Å². The molecule has 0 spiro atoms. The molecule has 0 aliphatic heterocycles. The summed E-state index contributed by atoms with van der Waals surface area (Å²) in [6.07, 6.45) is 7.52. The molecular weight excluding hydrogens is 384 g/mol. The fourth-order valence-corrected chi connectivity index (χ4v) is 3.35. The first-order valence-corrected chi connectivity index (χ1v) is 10.0. The summed E-state index contributed by atoms with van der Waals surface area (Å²) < 4.78 is 5.27. The fraction of sp³-hybridized carbons (Fsp3) is 0.333. The molecule has 154 valence electrons. The van der Waals surface area contributed by atoms with Gasteiger partial charge < -0.3 is 10.1 Å². The molecule has 1 aromatic heterocycles. The molecule has 5 heteroatoms. The number of fused-ring (bicyclic) bond motifs is 1. The summed E-state index contributed by atoms with van der Waals surface area (Å²) in [6, 6.07) is 18.5. The van der Waals surface area contributed by atoms with Gasteiger partial charge in [-0.05, 0) is 54.8 Å². The molecule has 0 aliphatic carbocycles. The van der Waals surface area contributed by atoms with Crippen LogP contribution >= 0.6 is 12.4 Å². The average molecular weight is 413 g/mol. The Balaban J connectivity index is 0.00000300. The summed E-state index contributed by atoms with van der Waals surface area (Å²) in [5.74, 6) is -0.160. The van der Waals surface area contributed by atoms with E-state index in [-0.39, 0.29) is 24.4 Å². The first kappa shape index (κ1) is 22.9. The summed E-state index contributed by atoms with van der Waals surface area (Å²) in [5.41, 5.74) is 2.49. The predicted octanol–water partition coefficient (Wildman–Crippen LogP) is 5.09. The third kappa shape index (κ3) is 7.15. The Morgan fingerprint density at radius 3 is 2.66 bits per heavy atom. The van der Waals surface area contributed by atoms with Crippen LogP contribution in [0.25, 0.3) is 10.8 Å². The van der Waals surface area contributed by atoms with Crippen LogP contribution in [0.3, 0.4) is 0 Å². The highest BCUT2D eigenvalue weighted by Gasteiger charge is 2.18. The van der Waals surface area contributed by atoms with E-state index < -0.39 is 0 Å².